The smallest absolute Gasteiger partial charge is 0.475 e. The van der Waals surface area contributed by atoms with Gasteiger partial charge in [-0.25, -0.2) is 17.5 Å². The summed E-state index contributed by atoms with van der Waals surface area (Å²) in [6.07, 6.45) is -0.891. The third-order valence-electron chi connectivity index (χ3n) is 7.22. The van der Waals surface area contributed by atoms with E-state index in [1.165, 1.54) is 0 Å². The number of carbonyl (C=O) groups is 2. The lowest BCUT2D eigenvalue weighted by Crippen LogP contribution is -2.52. The Bertz CT molecular complexity index is 804. The first-order chi connectivity index (χ1) is 15.2. The first-order valence-corrected chi connectivity index (χ1v) is 12.6. The van der Waals surface area contributed by atoms with E-state index in [0.717, 1.165) is 58.3 Å². The molecule has 0 saturated carbocycles. The number of aliphatic carboxylic acids is 1. The Morgan fingerprint density at radius 2 is 1.64 bits per heavy atom. The molecule has 192 valence electrons. The maximum absolute atomic E-state index is 13.2. The van der Waals surface area contributed by atoms with Crippen LogP contribution in [0.4, 0.5) is 13.2 Å². The van der Waals surface area contributed by atoms with Gasteiger partial charge < -0.3 is 19.6 Å². The van der Waals surface area contributed by atoms with E-state index in [-0.39, 0.29) is 22.6 Å². The Balaban J connectivity index is 0.000000479. The average molecular weight is 502 g/mol. The number of piperidine rings is 2. The van der Waals surface area contributed by atoms with Gasteiger partial charge >= 0.3 is 12.1 Å². The SMILES string of the molecule is CCS(=O)(=O)N1CCC2(CC1)CC1(CCN(CCOC)CC1)C(=O)N2C.O=C(O)C(F)(F)F. The normalized spacial score (nSPS) is 23.6. The molecule has 0 radical (unpaired) electrons. The summed E-state index contributed by atoms with van der Waals surface area (Å²) in [4.78, 5) is 26.4. The van der Waals surface area contributed by atoms with Crippen molar-refractivity contribution in [2.45, 2.75) is 50.7 Å². The van der Waals surface area contributed by atoms with Crippen LogP contribution in [0.25, 0.3) is 0 Å². The molecule has 3 heterocycles. The maximum atomic E-state index is 13.2. The largest absolute Gasteiger partial charge is 0.490 e. The van der Waals surface area contributed by atoms with Gasteiger partial charge in [0.05, 0.1) is 17.8 Å². The summed E-state index contributed by atoms with van der Waals surface area (Å²) in [5.41, 5.74) is -0.407. The number of hydrogen-bond acceptors (Lipinski definition) is 6. The van der Waals surface area contributed by atoms with Gasteiger partial charge in [-0.05, 0) is 52.1 Å². The van der Waals surface area contributed by atoms with Gasteiger partial charge in [0.1, 0.15) is 0 Å². The molecule has 3 fully saturated rings. The van der Waals surface area contributed by atoms with Crippen LogP contribution in [0.5, 0.6) is 0 Å². The van der Waals surface area contributed by atoms with Crippen LogP contribution in [0.1, 0.15) is 39.0 Å². The van der Waals surface area contributed by atoms with E-state index in [1.807, 2.05) is 11.9 Å². The summed E-state index contributed by atoms with van der Waals surface area (Å²) < 4.78 is 62.8. The second kappa shape index (κ2) is 10.4. The zero-order valence-corrected chi connectivity index (χ0v) is 20.2. The number of carboxylic acid groups (broad SMARTS) is 1. The number of rotatable bonds is 5. The lowest BCUT2D eigenvalue weighted by atomic mass is 9.71. The van der Waals surface area contributed by atoms with Gasteiger partial charge in [-0.2, -0.15) is 13.2 Å². The zero-order valence-electron chi connectivity index (χ0n) is 19.4. The molecule has 0 aromatic rings. The van der Waals surface area contributed by atoms with E-state index in [2.05, 4.69) is 4.90 Å². The summed E-state index contributed by atoms with van der Waals surface area (Å²) in [6, 6.07) is 0. The van der Waals surface area contributed by atoms with Crippen molar-refractivity contribution in [3.8, 4) is 0 Å². The van der Waals surface area contributed by atoms with Gasteiger partial charge in [0.25, 0.3) is 0 Å². The van der Waals surface area contributed by atoms with E-state index in [0.29, 0.717) is 13.1 Å². The number of amides is 1. The van der Waals surface area contributed by atoms with Crippen LogP contribution in [0.2, 0.25) is 0 Å². The van der Waals surface area contributed by atoms with E-state index < -0.39 is 22.2 Å². The highest BCUT2D eigenvalue weighted by atomic mass is 32.2. The number of halogens is 3. The van der Waals surface area contributed by atoms with Crippen LogP contribution in [0, 0.1) is 5.41 Å². The molecule has 13 heteroatoms. The van der Waals surface area contributed by atoms with Gasteiger partial charge in [0, 0.05) is 39.3 Å². The minimum atomic E-state index is -5.08. The number of nitrogens with zero attached hydrogens (tertiary/aromatic N) is 3. The third-order valence-corrected chi connectivity index (χ3v) is 9.10. The summed E-state index contributed by atoms with van der Waals surface area (Å²) in [5.74, 6) is -2.33. The van der Waals surface area contributed by atoms with E-state index in [9.17, 15) is 26.4 Å². The average Bonchev–Trinajstić information content (AvgIpc) is 2.95. The number of hydrogen-bond donors (Lipinski definition) is 1. The van der Waals surface area contributed by atoms with Gasteiger partial charge in [-0.15, -0.1) is 0 Å². The minimum absolute atomic E-state index is 0.149. The molecule has 0 atom stereocenters. The molecule has 0 aromatic heterocycles. The Hall–Kier alpha value is -1.44. The topological polar surface area (TPSA) is 107 Å². The molecule has 0 aliphatic carbocycles. The van der Waals surface area contributed by atoms with Crippen molar-refractivity contribution in [2.75, 3.05) is 59.2 Å². The fraction of sp³-hybridized carbons (Fsp3) is 0.900. The van der Waals surface area contributed by atoms with E-state index in [4.69, 9.17) is 14.6 Å². The zero-order chi connectivity index (χ0) is 25.1. The lowest BCUT2D eigenvalue weighted by molar-refractivity contribution is -0.192. The predicted molar refractivity (Wildman–Crippen MR) is 114 cm³/mol. The molecule has 3 aliphatic rings. The Kier molecular flexibility index (Phi) is 8.80. The standard InChI is InChI=1S/C18H33N3O4S.C2HF3O2/c1-4-26(23,24)21-11-7-18(8-12-21)15-17(16(22)19(18)2)5-9-20(10-6-17)13-14-25-3;3-2(4,5)1(6)7/h4-15H2,1-3H3;(H,6,7). The molecule has 3 saturated heterocycles. The van der Waals surface area contributed by atoms with Crippen LogP contribution in [-0.2, 0) is 24.3 Å². The lowest BCUT2D eigenvalue weighted by Gasteiger charge is -2.43. The molecule has 0 bridgehead atoms. The number of carboxylic acids is 1. The van der Waals surface area contributed by atoms with Crippen LogP contribution < -0.4 is 0 Å². The molecular formula is C20H34F3N3O6S. The second-order valence-electron chi connectivity index (χ2n) is 8.98. The summed E-state index contributed by atoms with van der Waals surface area (Å²) in [6.45, 7) is 6.29. The highest BCUT2D eigenvalue weighted by Crippen LogP contribution is 2.52. The molecule has 3 aliphatic heterocycles. The Morgan fingerprint density at radius 3 is 2.06 bits per heavy atom. The van der Waals surface area contributed by atoms with Gasteiger partial charge in [0.15, 0.2) is 0 Å². The van der Waals surface area contributed by atoms with Crippen molar-refractivity contribution in [1.29, 1.82) is 0 Å². The molecule has 0 aromatic carbocycles. The Labute approximate surface area is 192 Å². The fourth-order valence-electron chi connectivity index (χ4n) is 5.09. The van der Waals surface area contributed by atoms with Crippen molar-refractivity contribution in [3.63, 3.8) is 0 Å². The maximum Gasteiger partial charge on any atom is 0.490 e. The Morgan fingerprint density at radius 1 is 1.12 bits per heavy atom. The van der Waals surface area contributed by atoms with Crippen LogP contribution in [0.3, 0.4) is 0 Å². The van der Waals surface area contributed by atoms with Crippen molar-refractivity contribution in [1.82, 2.24) is 14.1 Å². The first-order valence-electron chi connectivity index (χ1n) is 11.0. The van der Waals surface area contributed by atoms with Crippen molar-refractivity contribution >= 4 is 21.9 Å². The van der Waals surface area contributed by atoms with Gasteiger partial charge in [-0.1, -0.05) is 0 Å². The summed E-state index contributed by atoms with van der Waals surface area (Å²) in [7, 11) is 0.510. The second-order valence-corrected chi connectivity index (χ2v) is 11.2. The van der Waals surface area contributed by atoms with Gasteiger partial charge in [-0.3, -0.25) is 4.79 Å². The van der Waals surface area contributed by atoms with Crippen LogP contribution in [-0.4, -0.2) is 110 Å². The molecule has 1 amide bonds. The molecular weight excluding hydrogens is 467 g/mol. The van der Waals surface area contributed by atoms with Gasteiger partial charge in [0.2, 0.25) is 15.9 Å². The number of likely N-dealkylation sites (tertiary alicyclic amines) is 2. The van der Waals surface area contributed by atoms with E-state index in [1.54, 1.807) is 18.3 Å². The molecule has 2 spiro atoms. The molecule has 33 heavy (non-hydrogen) atoms. The monoisotopic (exact) mass is 501 g/mol. The highest BCUT2D eigenvalue weighted by Gasteiger charge is 2.59. The highest BCUT2D eigenvalue weighted by molar-refractivity contribution is 7.89. The quantitative estimate of drug-likeness (QED) is 0.607. The van der Waals surface area contributed by atoms with Crippen LogP contribution in [0.15, 0.2) is 0 Å². The number of ether oxygens (including phenoxy) is 1. The number of alkyl halides is 3. The summed E-state index contributed by atoms with van der Waals surface area (Å²) in [5, 5.41) is 7.12. The fourth-order valence-corrected chi connectivity index (χ4v) is 6.19. The number of methoxy groups -OCH3 is 1. The van der Waals surface area contributed by atoms with Crippen molar-refractivity contribution in [2.24, 2.45) is 5.41 Å². The predicted octanol–water partition coefficient (Wildman–Crippen LogP) is 1.39. The van der Waals surface area contributed by atoms with Crippen molar-refractivity contribution in [3.05, 3.63) is 0 Å². The van der Waals surface area contributed by atoms with E-state index >= 15 is 0 Å². The third kappa shape index (κ3) is 6.17. The number of sulfonamides is 1. The summed E-state index contributed by atoms with van der Waals surface area (Å²) >= 11 is 0. The number of carbonyl (C=O) groups excluding carboxylic acids is 1. The molecule has 9 nitrogen and oxygen atoms in total. The van der Waals surface area contributed by atoms with Crippen LogP contribution >= 0.6 is 0 Å². The first kappa shape index (κ1) is 27.8. The van der Waals surface area contributed by atoms with Crippen molar-refractivity contribution < 1.29 is 41.0 Å². The molecule has 0 unspecified atom stereocenters. The molecule has 1 N–H and O–H groups in total. The minimum Gasteiger partial charge on any atom is -0.475 e. The molecule has 3 rings (SSSR count).